The minimum Gasteiger partial charge on any atom is -0.497 e. The zero-order valence-electron chi connectivity index (χ0n) is 12.0. The fourth-order valence-electron chi connectivity index (χ4n) is 1.98. The van der Waals surface area contributed by atoms with Gasteiger partial charge in [-0.3, -0.25) is 0 Å². The molecule has 0 radical (unpaired) electrons. The average Bonchev–Trinajstić information content (AvgIpc) is 2.45. The number of alkyl halides is 1. The van der Waals surface area contributed by atoms with Crippen LogP contribution in [0.1, 0.15) is 25.0 Å². The van der Waals surface area contributed by atoms with Crippen LogP contribution >= 0.6 is 0 Å². The third kappa shape index (κ3) is 3.50. The minimum atomic E-state index is -1.46. The molecule has 0 spiro atoms. The van der Waals surface area contributed by atoms with Gasteiger partial charge in [0, 0.05) is 11.6 Å². The second-order valence-corrected chi connectivity index (χ2v) is 5.11. The van der Waals surface area contributed by atoms with E-state index in [1.54, 1.807) is 25.3 Å². The maximum atomic E-state index is 14.2. The number of hydrogen-bond donors (Lipinski definition) is 0. The van der Waals surface area contributed by atoms with E-state index in [1.807, 2.05) is 30.3 Å². The molecule has 0 bridgehead atoms. The molecular weight excluding hydrogens is 255 g/mol. The molecule has 0 heterocycles. The molecule has 0 aromatic heterocycles. The molecule has 2 aromatic carbocycles. The van der Waals surface area contributed by atoms with Gasteiger partial charge in [-0.1, -0.05) is 30.3 Å². The Morgan fingerprint density at radius 3 is 2.35 bits per heavy atom. The average molecular weight is 274 g/mol. The summed E-state index contributed by atoms with van der Waals surface area (Å²) in [5.74, 6) is 1.17. The molecule has 2 nitrogen and oxygen atoms in total. The van der Waals surface area contributed by atoms with Crippen LogP contribution in [0.5, 0.6) is 11.5 Å². The van der Waals surface area contributed by atoms with Gasteiger partial charge in [0.2, 0.25) is 0 Å². The molecule has 0 N–H and O–H groups in total. The van der Waals surface area contributed by atoms with Crippen LogP contribution in [0, 0.1) is 0 Å². The van der Waals surface area contributed by atoms with Gasteiger partial charge in [0.25, 0.3) is 0 Å². The van der Waals surface area contributed by atoms with Crippen molar-refractivity contribution in [2.24, 2.45) is 0 Å². The van der Waals surface area contributed by atoms with E-state index in [-0.39, 0.29) is 0 Å². The van der Waals surface area contributed by atoms with Gasteiger partial charge in [0.1, 0.15) is 23.8 Å². The fourth-order valence-corrected chi connectivity index (χ4v) is 1.98. The lowest BCUT2D eigenvalue weighted by atomic mass is 9.99. The van der Waals surface area contributed by atoms with Gasteiger partial charge in [0.15, 0.2) is 0 Å². The molecule has 2 rings (SSSR count). The zero-order chi connectivity index (χ0) is 14.6. The van der Waals surface area contributed by atoms with Crippen molar-refractivity contribution in [1.29, 1.82) is 0 Å². The first-order valence-electron chi connectivity index (χ1n) is 6.55. The molecule has 0 aliphatic rings. The molecular formula is C17H19FO2. The van der Waals surface area contributed by atoms with Crippen molar-refractivity contribution in [3.8, 4) is 11.5 Å². The van der Waals surface area contributed by atoms with E-state index in [4.69, 9.17) is 9.47 Å². The van der Waals surface area contributed by atoms with Crippen LogP contribution in [0.4, 0.5) is 4.39 Å². The van der Waals surface area contributed by atoms with Gasteiger partial charge in [-0.05, 0) is 31.5 Å². The van der Waals surface area contributed by atoms with Crippen LogP contribution in [0.3, 0.4) is 0 Å². The molecule has 0 amide bonds. The summed E-state index contributed by atoms with van der Waals surface area (Å²) in [7, 11) is 1.58. The summed E-state index contributed by atoms with van der Waals surface area (Å²) in [6, 6.07) is 15.0. The topological polar surface area (TPSA) is 18.5 Å². The van der Waals surface area contributed by atoms with Crippen molar-refractivity contribution in [3.63, 3.8) is 0 Å². The molecule has 0 saturated carbocycles. The molecule has 20 heavy (non-hydrogen) atoms. The lowest BCUT2D eigenvalue weighted by Crippen LogP contribution is -2.12. The lowest BCUT2D eigenvalue weighted by molar-refractivity contribution is 0.205. The molecule has 0 atom stereocenters. The number of hydrogen-bond acceptors (Lipinski definition) is 2. The first-order chi connectivity index (χ1) is 9.50. The van der Waals surface area contributed by atoms with Crippen molar-refractivity contribution in [1.82, 2.24) is 0 Å². The highest BCUT2D eigenvalue weighted by molar-refractivity contribution is 5.43. The van der Waals surface area contributed by atoms with E-state index >= 15 is 0 Å². The van der Waals surface area contributed by atoms with Crippen LogP contribution < -0.4 is 9.47 Å². The van der Waals surface area contributed by atoms with Crippen LogP contribution in [-0.2, 0) is 12.3 Å². The summed E-state index contributed by atoms with van der Waals surface area (Å²) in [5, 5.41) is 0. The number of benzene rings is 2. The third-order valence-corrected chi connectivity index (χ3v) is 3.07. The summed E-state index contributed by atoms with van der Waals surface area (Å²) in [4.78, 5) is 0. The second kappa shape index (κ2) is 5.95. The molecule has 0 saturated heterocycles. The molecule has 3 heteroatoms. The molecule has 0 aliphatic carbocycles. The number of halogens is 1. The Bertz CT molecular complexity index is 559. The highest BCUT2D eigenvalue weighted by atomic mass is 19.1. The Balaban J connectivity index is 2.24. The smallest absolute Gasteiger partial charge is 0.134 e. The van der Waals surface area contributed by atoms with Crippen LogP contribution in [0.25, 0.3) is 0 Å². The zero-order valence-corrected chi connectivity index (χ0v) is 12.0. The van der Waals surface area contributed by atoms with Gasteiger partial charge in [-0.15, -0.1) is 0 Å². The first-order valence-corrected chi connectivity index (χ1v) is 6.55. The van der Waals surface area contributed by atoms with Crippen molar-refractivity contribution in [2.45, 2.75) is 26.1 Å². The van der Waals surface area contributed by atoms with Gasteiger partial charge in [-0.25, -0.2) is 4.39 Å². The maximum Gasteiger partial charge on any atom is 0.134 e. The Kier molecular flexibility index (Phi) is 4.28. The highest BCUT2D eigenvalue weighted by Gasteiger charge is 2.24. The lowest BCUT2D eigenvalue weighted by Gasteiger charge is -2.20. The van der Waals surface area contributed by atoms with Gasteiger partial charge in [-0.2, -0.15) is 0 Å². The van der Waals surface area contributed by atoms with E-state index in [0.717, 1.165) is 5.56 Å². The van der Waals surface area contributed by atoms with Gasteiger partial charge < -0.3 is 9.47 Å². The molecule has 0 fully saturated rings. The Labute approximate surface area is 119 Å². The SMILES string of the molecule is COc1ccc(C(C)(C)F)c(OCc2ccccc2)c1. The normalized spacial score (nSPS) is 11.2. The number of methoxy groups -OCH3 is 1. The van der Waals surface area contributed by atoms with Gasteiger partial charge >= 0.3 is 0 Å². The summed E-state index contributed by atoms with van der Waals surface area (Å²) < 4.78 is 25.2. The van der Waals surface area contributed by atoms with Crippen LogP contribution in [-0.4, -0.2) is 7.11 Å². The van der Waals surface area contributed by atoms with E-state index < -0.39 is 5.67 Å². The van der Waals surface area contributed by atoms with Crippen molar-refractivity contribution in [2.75, 3.05) is 7.11 Å². The third-order valence-electron chi connectivity index (χ3n) is 3.07. The highest BCUT2D eigenvalue weighted by Crippen LogP contribution is 2.35. The monoisotopic (exact) mass is 274 g/mol. The standard InChI is InChI=1S/C17H19FO2/c1-17(2,18)15-10-9-14(19-3)11-16(15)20-12-13-7-5-4-6-8-13/h4-11H,12H2,1-3H3. The van der Waals surface area contributed by atoms with E-state index in [2.05, 4.69) is 0 Å². The molecule has 0 unspecified atom stereocenters. The van der Waals surface area contributed by atoms with E-state index in [0.29, 0.717) is 23.7 Å². The fraction of sp³-hybridized carbons (Fsp3) is 0.294. The minimum absolute atomic E-state index is 0.400. The molecule has 106 valence electrons. The van der Waals surface area contributed by atoms with Crippen molar-refractivity contribution in [3.05, 3.63) is 59.7 Å². The van der Waals surface area contributed by atoms with Crippen LogP contribution in [0.15, 0.2) is 48.5 Å². The number of ether oxygens (including phenoxy) is 2. The Morgan fingerprint density at radius 2 is 1.75 bits per heavy atom. The first kappa shape index (κ1) is 14.4. The molecule has 2 aromatic rings. The Morgan fingerprint density at radius 1 is 1.05 bits per heavy atom. The van der Waals surface area contributed by atoms with Crippen LogP contribution in [0.2, 0.25) is 0 Å². The summed E-state index contributed by atoms with van der Waals surface area (Å²) >= 11 is 0. The quantitative estimate of drug-likeness (QED) is 0.800. The summed E-state index contributed by atoms with van der Waals surface area (Å²) in [6.07, 6.45) is 0. The summed E-state index contributed by atoms with van der Waals surface area (Å²) in [6.45, 7) is 3.44. The Hall–Kier alpha value is -2.03. The predicted molar refractivity (Wildman–Crippen MR) is 77.9 cm³/mol. The second-order valence-electron chi connectivity index (χ2n) is 5.11. The van der Waals surface area contributed by atoms with Gasteiger partial charge in [0.05, 0.1) is 7.11 Å². The van der Waals surface area contributed by atoms with Crippen molar-refractivity contribution < 1.29 is 13.9 Å². The maximum absolute atomic E-state index is 14.2. The summed E-state index contributed by atoms with van der Waals surface area (Å²) in [5.41, 5.74) is 0.102. The van der Waals surface area contributed by atoms with Crippen molar-refractivity contribution >= 4 is 0 Å². The molecule has 0 aliphatic heterocycles. The van der Waals surface area contributed by atoms with E-state index in [1.165, 1.54) is 13.8 Å². The van der Waals surface area contributed by atoms with E-state index in [9.17, 15) is 4.39 Å². The largest absolute Gasteiger partial charge is 0.497 e. The number of rotatable bonds is 5. The predicted octanol–water partition coefficient (Wildman–Crippen LogP) is 4.48.